The first kappa shape index (κ1) is 11.1. The van der Waals surface area contributed by atoms with E-state index in [4.69, 9.17) is 17.3 Å². The highest BCUT2D eigenvalue weighted by atomic mass is 35.5. The first-order valence-corrected chi connectivity index (χ1v) is 4.78. The van der Waals surface area contributed by atoms with Crippen molar-refractivity contribution < 1.29 is 4.39 Å². The normalized spacial score (nSPS) is 10.7. The van der Waals surface area contributed by atoms with Crippen molar-refractivity contribution in [2.75, 3.05) is 17.7 Å². The van der Waals surface area contributed by atoms with Gasteiger partial charge in [0.1, 0.15) is 5.82 Å². The summed E-state index contributed by atoms with van der Waals surface area (Å²) in [7, 11) is 1.86. The molecule has 0 radical (unpaired) electrons. The quantitative estimate of drug-likeness (QED) is 0.771. The van der Waals surface area contributed by atoms with E-state index < -0.39 is 5.82 Å². The Hall–Kier alpha value is -0.960. The molecule has 78 valence electrons. The van der Waals surface area contributed by atoms with Gasteiger partial charge in [-0.3, -0.25) is 0 Å². The number of rotatable bonds is 2. The molecule has 0 aliphatic carbocycles. The predicted octanol–water partition coefficient (Wildman–Crippen LogP) is 2.91. The molecular weight excluding hydrogens is 203 g/mol. The van der Waals surface area contributed by atoms with Crippen LogP contribution in [0.2, 0.25) is 5.02 Å². The first-order valence-electron chi connectivity index (χ1n) is 4.41. The minimum absolute atomic E-state index is 0.0587. The molecule has 0 amide bonds. The summed E-state index contributed by atoms with van der Waals surface area (Å²) in [6, 6.07) is 3.06. The van der Waals surface area contributed by atoms with E-state index in [1.54, 1.807) is 0 Å². The van der Waals surface area contributed by atoms with Crippen LogP contribution in [-0.4, -0.2) is 13.1 Å². The molecule has 1 aromatic carbocycles. The van der Waals surface area contributed by atoms with Crippen LogP contribution in [0.25, 0.3) is 0 Å². The van der Waals surface area contributed by atoms with Gasteiger partial charge in [0.15, 0.2) is 0 Å². The predicted molar refractivity (Wildman–Crippen MR) is 59.4 cm³/mol. The Morgan fingerprint density at radius 1 is 1.43 bits per heavy atom. The second kappa shape index (κ2) is 4.05. The zero-order chi connectivity index (χ0) is 10.9. The van der Waals surface area contributed by atoms with E-state index in [1.165, 1.54) is 12.1 Å². The monoisotopic (exact) mass is 216 g/mol. The van der Waals surface area contributed by atoms with E-state index in [0.29, 0.717) is 11.4 Å². The van der Waals surface area contributed by atoms with Crippen molar-refractivity contribution >= 4 is 23.0 Å². The van der Waals surface area contributed by atoms with Crippen molar-refractivity contribution in [2.24, 2.45) is 0 Å². The third-order valence-corrected chi connectivity index (χ3v) is 2.51. The second-order valence-electron chi connectivity index (χ2n) is 3.53. The second-order valence-corrected chi connectivity index (χ2v) is 3.94. The summed E-state index contributed by atoms with van der Waals surface area (Å²) < 4.78 is 13.2. The van der Waals surface area contributed by atoms with Gasteiger partial charge in [0.2, 0.25) is 0 Å². The highest BCUT2D eigenvalue weighted by Gasteiger charge is 2.11. The Labute approximate surface area is 88.5 Å². The Morgan fingerprint density at radius 3 is 2.50 bits per heavy atom. The van der Waals surface area contributed by atoms with E-state index in [2.05, 4.69) is 0 Å². The fourth-order valence-corrected chi connectivity index (χ4v) is 1.31. The number of benzene rings is 1. The van der Waals surface area contributed by atoms with Gasteiger partial charge in [0.05, 0.1) is 16.4 Å². The fourth-order valence-electron chi connectivity index (χ4n) is 1.14. The minimum Gasteiger partial charge on any atom is -0.397 e. The molecule has 0 aliphatic heterocycles. The lowest BCUT2D eigenvalue weighted by molar-refractivity contribution is 0.626. The molecule has 0 bridgehead atoms. The highest BCUT2D eigenvalue weighted by Crippen LogP contribution is 2.29. The van der Waals surface area contributed by atoms with Crippen molar-refractivity contribution in [3.05, 3.63) is 23.0 Å². The van der Waals surface area contributed by atoms with Crippen molar-refractivity contribution in [2.45, 2.75) is 19.9 Å². The zero-order valence-corrected chi connectivity index (χ0v) is 9.27. The van der Waals surface area contributed by atoms with Gasteiger partial charge in [-0.2, -0.15) is 0 Å². The highest BCUT2D eigenvalue weighted by molar-refractivity contribution is 6.31. The third-order valence-electron chi connectivity index (χ3n) is 2.22. The molecule has 0 aliphatic rings. The van der Waals surface area contributed by atoms with Crippen LogP contribution < -0.4 is 10.6 Å². The lowest BCUT2D eigenvalue weighted by Gasteiger charge is -2.25. The van der Waals surface area contributed by atoms with Crippen LogP contribution in [-0.2, 0) is 0 Å². The summed E-state index contributed by atoms with van der Waals surface area (Å²) in [6.45, 7) is 4.01. The Morgan fingerprint density at radius 2 is 2.00 bits per heavy atom. The molecule has 0 saturated carbocycles. The molecule has 0 spiro atoms. The molecule has 1 rings (SSSR count). The largest absolute Gasteiger partial charge is 0.397 e. The zero-order valence-electron chi connectivity index (χ0n) is 8.51. The maximum atomic E-state index is 13.2. The maximum Gasteiger partial charge on any atom is 0.144 e. The number of halogens is 2. The Bertz CT molecular complexity index is 339. The molecule has 14 heavy (non-hydrogen) atoms. The standard InChI is InChI=1S/C10H14ClFN2/c1-6(2)14(3)10-5-8(12)7(11)4-9(10)13/h4-6H,13H2,1-3H3. The van der Waals surface area contributed by atoms with Gasteiger partial charge in [0, 0.05) is 19.2 Å². The number of nitrogen functional groups attached to an aromatic ring is 1. The minimum atomic E-state index is -0.441. The lowest BCUT2D eigenvalue weighted by Crippen LogP contribution is -2.26. The van der Waals surface area contributed by atoms with Crippen LogP contribution in [0.15, 0.2) is 12.1 Å². The SMILES string of the molecule is CC(C)N(C)c1cc(F)c(Cl)cc1N. The lowest BCUT2D eigenvalue weighted by atomic mass is 10.2. The number of hydrogen-bond donors (Lipinski definition) is 1. The summed E-state index contributed by atoms with van der Waals surface area (Å²) in [5.74, 6) is -0.441. The van der Waals surface area contributed by atoms with Gasteiger partial charge in [-0.15, -0.1) is 0 Å². The van der Waals surface area contributed by atoms with Gasteiger partial charge >= 0.3 is 0 Å². The maximum absolute atomic E-state index is 13.2. The average molecular weight is 217 g/mol. The third kappa shape index (κ3) is 2.10. The summed E-state index contributed by atoms with van der Waals surface area (Å²) in [4.78, 5) is 1.90. The molecule has 0 fully saturated rings. The molecule has 2 N–H and O–H groups in total. The molecule has 2 nitrogen and oxygen atoms in total. The molecule has 4 heteroatoms. The topological polar surface area (TPSA) is 29.3 Å². The smallest absolute Gasteiger partial charge is 0.144 e. The molecule has 0 heterocycles. The molecular formula is C10H14ClFN2. The van der Waals surface area contributed by atoms with Crippen LogP contribution in [0.4, 0.5) is 15.8 Å². The van der Waals surface area contributed by atoms with Crippen molar-refractivity contribution in [1.29, 1.82) is 0 Å². The summed E-state index contributed by atoms with van der Waals surface area (Å²) in [5.41, 5.74) is 6.90. The fraction of sp³-hybridized carbons (Fsp3) is 0.400. The number of anilines is 2. The Balaban J connectivity index is 3.15. The van der Waals surface area contributed by atoms with Gasteiger partial charge in [-0.1, -0.05) is 11.6 Å². The van der Waals surface area contributed by atoms with Gasteiger partial charge in [-0.05, 0) is 19.9 Å². The summed E-state index contributed by atoms with van der Waals surface area (Å²) in [6.07, 6.45) is 0. The number of hydrogen-bond acceptors (Lipinski definition) is 2. The summed E-state index contributed by atoms with van der Waals surface area (Å²) >= 11 is 5.60. The Kier molecular flexibility index (Phi) is 3.21. The van der Waals surface area contributed by atoms with Crippen molar-refractivity contribution in [3.8, 4) is 0 Å². The number of nitrogens with zero attached hydrogens (tertiary/aromatic N) is 1. The van der Waals surface area contributed by atoms with Crippen LogP contribution >= 0.6 is 11.6 Å². The van der Waals surface area contributed by atoms with Gasteiger partial charge in [-0.25, -0.2) is 4.39 Å². The van der Waals surface area contributed by atoms with Crippen LogP contribution in [0.5, 0.6) is 0 Å². The van der Waals surface area contributed by atoms with Gasteiger partial charge < -0.3 is 10.6 Å². The van der Waals surface area contributed by atoms with E-state index in [9.17, 15) is 4.39 Å². The molecule has 0 atom stereocenters. The van der Waals surface area contributed by atoms with E-state index in [-0.39, 0.29) is 11.1 Å². The first-order chi connectivity index (χ1) is 6.43. The molecule has 0 saturated heterocycles. The van der Waals surface area contributed by atoms with Gasteiger partial charge in [0.25, 0.3) is 0 Å². The number of nitrogens with two attached hydrogens (primary N) is 1. The van der Waals surface area contributed by atoms with Crippen molar-refractivity contribution in [1.82, 2.24) is 0 Å². The van der Waals surface area contributed by atoms with Crippen molar-refractivity contribution in [3.63, 3.8) is 0 Å². The average Bonchev–Trinajstić information content (AvgIpc) is 2.10. The van der Waals surface area contributed by atoms with Crippen LogP contribution in [0.3, 0.4) is 0 Å². The molecule has 0 aromatic heterocycles. The van der Waals surface area contributed by atoms with Crippen LogP contribution in [0.1, 0.15) is 13.8 Å². The van der Waals surface area contributed by atoms with E-state index >= 15 is 0 Å². The van der Waals surface area contributed by atoms with E-state index in [1.807, 2.05) is 25.8 Å². The molecule has 1 aromatic rings. The summed E-state index contributed by atoms with van der Waals surface area (Å²) in [5, 5.41) is 0.0587. The molecule has 0 unspecified atom stereocenters. The van der Waals surface area contributed by atoms with E-state index in [0.717, 1.165) is 0 Å². The van der Waals surface area contributed by atoms with Crippen LogP contribution in [0, 0.1) is 5.82 Å².